The molecule has 0 aliphatic carbocycles. The van der Waals surface area contributed by atoms with Crippen molar-refractivity contribution in [2.75, 3.05) is 12.3 Å². The number of aromatic nitrogens is 2. The second-order valence-corrected chi connectivity index (χ2v) is 3.79. The summed E-state index contributed by atoms with van der Waals surface area (Å²) in [5, 5.41) is 12.1. The van der Waals surface area contributed by atoms with E-state index in [1.807, 2.05) is 0 Å². The zero-order valence-corrected chi connectivity index (χ0v) is 10.0. The van der Waals surface area contributed by atoms with Gasteiger partial charge in [-0.05, 0) is 6.92 Å². The molecule has 0 saturated heterocycles. The van der Waals surface area contributed by atoms with E-state index < -0.39 is 11.9 Å². The first-order chi connectivity index (χ1) is 8.15. The lowest BCUT2D eigenvalue weighted by atomic mass is 10.6. The van der Waals surface area contributed by atoms with Crippen LogP contribution in [0.2, 0.25) is 0 Å². The van der Waals surface area contributed by atoms with Crippen molar-refractivity contribution >= 4 is 23.7 Å². The lowest BCUT2D eigenvalue weighted by Gasteiger charge is -2.02. The summed E-state index contributed by atoms with van der Waals surface area (Å²) < 4.78 is 5.07. The monoisotopic (exact) mass is 259 g/mol. The fourth-order valence-corrected chi connectivity index (χ4v) is 1.45. The van der Waals surface area contributed by atoms with Crippen molar-refractivity contribution in [3.05, 3.63) is 5.89 Å². The van der Waals surface area contributed by atoms with E-state index in [4.69, 9.17) is 10.2 Å². The molecule has 1 rings (SSSR count). The van der Waals surface area contributed by atoms with Gasteiger partial charge in [0.2, 0.25) is 11.8 Å². The van der Waals surface area contributed by atoms with Crippen LogP contribution < -0.4 is 16.4 Å². The molecule has 0 radical (unpaired) electrons. The number of carbonyl (C=O) groups excluding carboxylic acids is 2. The minimum Gasteiger partial charge on any atom is -0.415 e. The van der Waals surface area contributed by atoms with Gasteiger partial charge in [-0.15, -0.1) is 10.2 Å². The van der Waals surface area contributed by atoms with Crippen LogP contribution in [-0.2, 0) is 11.3 Å². The van der Waals surface area contributed by atoms with Gasteiger partial charge in [0.15, 0.2) is 0 Å². The Labute approximate surface area is 102 Å². The van der Waals surface area contributed by atoms with Crippen LogP contribution in [0.4, 0.5) is 4.79 Å². The van der Waals surface area contributed by atoms with E-state index in [1.165, 1.54) is 0 Å². The maximum Gasteiger partial charge on any atom is 0.321 e. The summed E-state index contributed by atoms with van der Waals surface area (Å²) in [5.74, 6) is -0.117. The topological polar surface area (TPSA) is 123 Å². The zero-order valence-electron chi connectivity index (χ0n) is 9.23. The van der Waals surface area contributed by atoms with E-state index in [1.54, 1.807) is 6.92 Å². The van der Waals surface area contributed by atoms with Gasteiger partial charge in [0.1, 0.15) is 0 Å². The van der Waals surface area contributed by atoms with Gasteiger partial charge in [0, 0.05) is 6.54 Å². The average molecular weight is 259 g/mol. The molecule has 9 heteroatoms. The fraction of sp³-hybridized carbons (Fsp3) is 0.500. The Balaban J connectivity index is 2.30. The molecule has 0 atom stereocenters. The molecule has 1 heterocycles. The molecule has 94 valence electrons. The van der Waals surface area contributed by atoms with Gasteiger partial charge < -0.3 is 15.5 Å². The van der Waals surface area contributed by atoms with E-state index in [-0.39, 0.29) is 17.5 Å². The number of hydrogen-bond acceptors (Lipinski definition) is 7. The Hall–Kier alpha value is -1.61. The number of nitrogens with one attached hydrogen (secondary N) is 2. The van der Waals surface area contributed by atoms with Gasteiger partial charge in [-0.1, -0.05) is 11.8 Å². The number of thioether (sulfide) groups is 1. The number of imide groups is 1. The lowest BCUT2D eigenvalue weighted by Crippen LogP contribution is -2.40. The second-order valence-electron chi connectivity index (χ2n) is 2.86. The third kappa shape index (κ3) is 4.83. The molecule has 1 aromatic rings. The van der Waals surface area contributed by atoms with E-state index in [9.17, 15) is 9.59 Å². The zero-order chi connectivity index (χ0) is 12.7. The van der Waals surface area contributed by atoms with E-state index in [0.717, 1.165) is 11.8 Å². The van der Waals surface area contributed by atoms with E-state index in [0.29, 0.717) is 12.4 Å². The SMILES string of the molecule is CCNC(=O)NC(=O)CSc1nnc(CN)o1. The molecule has 8 nitrogen and oxygen atoms in total. The molecule has 1 aromatic heterocycles. The molecule has 0 bridgehead atoms. The summed E-state index contributed by atoms with van der Waals surface area (Å²) in [6, 6.07) is -0.522. The van der Waals surface area contributed by atoms with E-state index >= 15 is 0 Å². The minimum atomic E-state index is -0.522. The predicted molar refractivity (Wildman–Crippen MR) is 60.1 cm³/mol. The highest BCUT2D eigenvalue weighted by molar-refractivity contribution is 7.99. The Morgan fingerprint density at radius 2 is 2.24 bits per heavy atom. The molecule has 0 saturated carbocycles. The van der Waals surface area contributed by atoms with Gasteiger partial charge >= 0.3 is 6.03 Å². The Morgan fingerprint density at radius 3 is 2.82 bits per heavy atom. The minimum absolute atomic E-state index is 0.0172. The molecule has 4 N–H and O–H groups in total. The van der Waals surface area contributed by atoms with Crippen LogP contribution in [-0.4, -0.2) is 34.4 Å². The molecule has 17 heavy (non-hydrogen) atoms. The maximum absolute atomic E-state index is 11.3. The third-order valence-corrected chi connectivity index (χ3v) is 2.36. The number of rotatable bonds is 5. The van der Waals surface area contributed by atoms with Crippen molar-refractivity contribution in [2.45, 2.75) is 18.7 Å². The first-order valence-corrected chi connectivity index (χ1v) is 5.87. The van der Waals surface area contributed by atoms with Crippen molar-refractivity contribution in [3.63, 3.8) is 0 Å². The summed E-state index contributed by atoms with van der Waals surface area (Å²) in [4.78, 5) is 22.3. The largest absolute Gasteiger partial charge is 0.415 e. The molecule has 0 fully saturated rings. The molecular formula is C8H13N5O3S. The fourth-order valence-electron chi connectivity index (χ4n) is 0.874. The van der Waals surface area contributed by atoms with Crippen molar-refractivity contribution < 1.29 is 14.0 Å². The molecular weight excluding hydrogens is 246 g/mol. The van der Waals surface area contributed by atoms with Crippen LogP contribution in [0, 0.1) is 0 Å². The number of nitrogens with zero attached hydrogens (tertiary/aromatic N) is 2. The maximum atomic E-state index is 11.3. The first kappa shape index (κ1) is 13.5. The smallest absolute Gasteiger partial charge is 0.321 e. The lowest BCUT2D eigenvalue weighted by molar-refractivity contribution is -0.117. The highest BCUT2D eigenvalue weighted by Gasteiger charge is 2.10. The molecule has 0 spiro atoms. The number of carbonyl (C=O) groups is 2. The van der Waals surface area contributed by atoms with E-state index in [2.05, 4.69) is 20.8 Å². The molecule has 0 aliphatic rings. The van der Waals surface area contributed by atoms with Crippen LogP contribution in [0.5, 0.6) is 0 Å². The summed E-state index contributed by atoms with van der Waals surface area (Å²) in [5.41, 5.74) is 5.28. The quantitative estimate of drug-likeness (QED) is 0.607. The Kier molecular flexibility index (Phi) is 5.43. The summed E-state index contributed by atoms with van der Waals surface area (Å²) in [6.45, 7) is 2.36. The van der Waals surface area contributed by atoms with Crippen LogP contribution in [0.15, 0.2) is 9.64 Å². The standard InChI is InChI=1S/C8H13N5O3S/c1-2-10-7(15)11-5(14)4-17-8-13-12-6(3-9)16-8/h2-4,9H2,1H3,(H2,10,11,14,15). The summed E-state index contributed by atoms with van der Waals surface area (Å²) in [6.07, 6.45) is 0. The van der Waals surface area contributed by atoms with Gasteiger partial charge in [-0.25, -0.2) is 4.79 Å². The van der Waals surface area contributed by atoms with Crippen molar-refractivity contribution in [3.8, 4) is 0 Å². The van der Waals surface area contributed by atoms with Crippen LogP contribution >= 0.6 is 11.8 Å². The van der Waals surface area contributed by atoms with Crippen molar-refractivity contribution in [1.29, 1.82) is 0 Å². The Morgan fingerprint density at radius 1 is 1.47 bits per heavy atom. The summed E-state index contributed by atoms with van der Waals surface area (Å²) in [7, 11) is 0. The van der Waals surface area contributed by atoms with Gasteiger partial charge in [0.05, 0.1) is 12.3 Å². The number of urea groups is 1. The summed E-state index contributed by atoms with van der Waals surface area (Å²) >= 11 is 1.04. The molecule has 0 unspecified atom stereocenters. The average Bonchev–Trinajstić information content (AvgIpc) is 2.74. The highest BCUT2D eigenvalue weighted by atomic mass is 32.2. The number of hydrogen-bond donors (Lipinski definition) is 3. The number of amides is 3. The van der Waals surface area contributed by atoms with Gasteiger partial charge in [-0.3, -0.25) is 10.1 Å². The van der Waals surface area contributed by atoms with Crippen molar-refractivity contribution in [1.82, 2.24) is 20.8 Å². The molecule has 3 amide bonds. The van der Waals surface area contributed by atoms with Crippen LogP contribution in [0.1, 0.15) is 12.8 Å². The van der Waals surface area contributed by atoms with Crippen molar-refractivity contribution in [2.24, 2.45) is 5.73 Å². The van der Waals surface area contributed by atoms with Gasteiger partial charge in [0.25, 0.3) is 5.22 Å². The third-order valence-electron chi connectivity index (χ3n) is 1.54. The van der Waals surface area contributed by atoms with Crippen LogP contribution in [0.25, 0.3) is 0 Å². The van der Waals surface area contributed by atoms with Crippen LogP contribution in [0.3, 0.4) is 0 Å². The highest BCUT2D eigenvalue weighted by Crippen LogP contribution is 2.14. The first-order valence-electron chi connectivity index (χ1n) is 4.88. The molecule has 0 aliphatic heterocycles. The normalized spacial score (nSPS) is 10.0. The predicted octanol–water partition coefficient (Wildman–Crippen LogP) is -0.534. The van der Waals surface area contributed by atoms with Gasteiger partial charge in [-0.2, -0.15) is 0 Å². The second kappa shape index (κ2) is 6.86. The number of nitrogens with two attached hydrogens (primary N) is 1. The molecule has 0 aromatic carbocycles. The Bertz CT molecular complexity index is 394.